The fourth-order valence-electron chi connectivity index (χ4n) is 3.51. The summed E-state index contributed by atoms with van der Waals surface area (Å²) in [6.07, 6.45) is 1.59. The largest absolute Gasteiger partial charge is 0.360 e. The lowest BCUT2D eigenvalue weighted by molar-refractivity contribution is 0.0713. The predicted octanol–water partition coefficient (Wildman–Crippen LogP) is 4.72. The second-order valence-electron chi connectivity index (χ2n) is 6.59. The Morgan fingerprint density at radius 1 is 1.30 bits per heavy atom. The summed E-state index contributed by atoms with van der Waals surface area (Å²) in [6.45, 7) is 4.01. The van der Waals surface area contributed by atoms with Crippen molar-refractivity contribution in [2.45, 2.75) is 32.7 Å². The van der Waals surface area contributed by atoms with Gasteiger partial charge in [0.1, 0.15) is 22.8 Å². The maximum atomic E-state index is 14.4. The van der Waals surface area contributed by atoms with Gasteiger partial charge in [0.2, 0.25) is 0 Å². The number of benzene rings is 1. The van der Waals surface area contributed by atoms with Crippen LogP contribution < -0.4 is 0 Å². The molecule has 27 heavy (non-hydrogen) atoms. The van der Waals surface area contributed by atoms with Crippen molar-refractivity contribution in [1.29, 1.82) is 0 Å². The Hall–Kier alpha value is -2.67. The molecule has 4 rings (SSSR count). The third kappa shape index (κ3) is 3.02. The van der Waals surface area contributed by atoms with E-state index in [4.69, 9.17) is 20.6 Å². The van der Waals surface area contributed by atoms with Crippen LogP contribution in [0.1, 0.15) is 46.5 Å². The third-order valence-electron chi connectivity index (χ3n) is 4.76. The molecule has 2 aromatic heterocycles. The molecule has 0 radical (unpaired) electrons. The van der Waals surface area contributed by atoms with E-state index in [1.54, 1.807) is 17.9 Å². The summed E-state index contributed by atoms with van der Waals surface area (Å²) in [6, 6.07) is 5.92. The Balaban J connectivity index is 1.76. The van der Waals surface area contributed by atoms with E-state index in [1.165, 1.54) is 12.1 Å². The SMILES string of the molecule is Cc1cc(C2CCCN2C(=O)c2c(-c3c(F)cccc3Cl)noc2C)on1. The molecular weight excluding hydrogens is 373 g/mol. The van der Waals surface area contributed by atoms with Crippen molar-refractivity contribution >= 4 is 17.5 Å². The van der Waals surface area contributed by atoms with Crippen molar-refractivity contribution in [3.63, 3.8) is 0 Å². The minimum Gasteiger partial charge on any atom is -0.360 e. The van der Waals surface area contributed by atoms with Gasteiger partial charge >= 0.3 is 0 Å². The molecule has 1 amide bonds. The van der Waals surface area contributed by atoms with Gasteiger partial charge in [0.25, 0.3) is 5.91 Å². The average molecular weight is 390 g/mol. The van der Waals surface area contributed by atoms with E-state index in [1.807, 2.05) is 13.0 Å². The highest BCUT2D eigenvalue weighted by Crippen LogP contribution is 2.38. The third-order valence-corrected chi connectivity index (χ3v) is 5.08. The summed E-state index contributed by atoms with van der Waals surface area (Å²) in [5.41, 5.74) is 1.14. The van der Waals surface area contributed by atoms with Crippen LogP contribution in [-0.2, 0) is 0 Å². The highest BCUT2D eigenvalue weighted by molar-refractivity contribution is 6.33. The zero-order valence-corrected chi connectivity index (χ0v) is 15.6. The monoisotopic (exact) mass is 389 g/mol. The van der Waals surface area contributed by atoms with Crippen molar-refractivity contribution in [2.24, 2.45) is 0 Å². The van der Waals surface area contributed by atoms with E-state index in [9.17, 15) is 9.18 Å². The van der Waals surface area contributed by atoms with E-state index in [0.29, 0.717) is 18.1 Å². The summed E-state index contributed by atoms with van der Waals surface area (Å²) in [5.74, 6) is 0.0972. The Labute approximate surface area is 159 Å². The number of carbonyl (C=O) groups is 1. The van der Waals surface area contributed by atoms with Gasteiger partial charge in [-0.1, -0.05) is 28.0 Å². The van der Waals surface area contributed by atoms with Gasteiger partial charge in [0.15, 0.2) is 5.76 Å². The highest BCUT2D eigenvalue weighted by atomic mass is 35.5. The van der Waals surface area contributed by atoms with Crippen LogP contribution >= 0.6 is 11.6 Å². The maximum absolute atomic E-state index is 14.4. The first-order chi connectivity index (χ1) is 13.0. The number of aromatic nitrogens is 2. The molecule has 0 aliphatic carbocycles. The highest BCUT2D eigenvalue weighted by Gasteiger charge is 2.37. The molecule has 0 N–H and O–H groups in total. The van der Waals surface area contributed by atoms with E-state index in [2.05, 4.69) is 10.3 Å². The van der Waals surface area contributed by atoms with Crippen molar-refractivity contribution < 1.29 is 18.2 Å². The fourth-order valence-corrected chi connectivity index (χ4v) is 3.76. The van der Waals surface area contributed by atoms with Gasteiger partial charge in [-0.2, -0.15) is 0 Å². The van der Waals surface area contributed by atoms with Crippen molar-refractivity contribution in [2.75, 3.05) is 6.54 Å². The quantitative estimate of drug-likeness (QED) is 0.648. The predicted molar refractivity (Wildman–Crippen MR) is 95.9 cm³/mol. The summed E-state index contributed by atoms with van der Waals surface area (Å²) >= 11 is 6.17. The van der Waals surface area contributed by atoms with E-state index in [0.717, 1.165) is 18.5 Å². The minimum atomic E-state index is -0.561. The number of nitrogens with zero attached hydrogens (tertiary/aromatic N) is 3. The average Bonchev–Trinajstić information content (AvgIpc) is 3.34. The van der Waals surface area contributed by atoms with Crippen molar-refractivity contribution in [3.8, 4) is 11.3 Å². The summed E-state index contributed by atoms with van der Waals surface area (Å²) in [4.78, 5) is 15.0. The zero-order chi connectivity index (χ0) is 19.1. The topological polar surface area (TPSA) is 72.4 Å². The number of halogens is 2. The number of carbonyl (C=O) groups excluding carboxylic acids is 1. The number of hydrogen-bond donors (Lipinski definition) is 0. The zero-order valence-electron chi connectivity index (χ0n) is 14.8. The molecule has 8 heteroatoms. The van der Waals surface area contributed by atoms with Gasteiger partial charge in [-0.15, -0.1) is 0 Å². The number of hydrogen-bond acceptors (Lipinski definition) is 5. The molecular formula is C19H17ClFN3O3. The van der Waals surface area contributed by atoms with Gasteiger partial charge in [-0.3, -0.25) is 4.79 Å². The van der Waals surface area contributed by atoms with Crippen LogP contribution in [0.5, 0.6) is 0 Å². The molecule has 1 unspecified atom stereocenters. The Bertz CT molecular complexity index is 993. The van der Waals surface area contributed by atoms with Crippen LogP contribution in [0.4, 0.5) is 4.39 Å². The van der Waals surface area contributed by atoms with E-state index >= 15 is 0 Å². The molecule has 140 valence electrons. The standard InChI is InChI=1S/C19H17ClFN3O3/c1-10-9-15(27-22-10)14-7-4-8-24(14)19(25)16-11(2)26-23-18(16)17-12(20)5-3-6-13(17)21/h3,5-6,9,14H,4,7-8H2,1-2H3. The molecule has 0 spiro atoms. The number of rotatable bonds is 3. The lowest BCUT2D eigenvalue weighted by atomic mass is 10.0. The van der Waals surface area contributed by atoms with Gasteiger partial charge in [-0.25, -0.2) is 4.39 Å². The van der Waals surface area contributed by atoms with Crippen LogP contribution in [0, 0.1) is 19.7 Å². The van der Waals surface area contributed by atoms with Crippen LogP contribution in [0.2, 0.25) is 5.02 Å². The Morgan fingerprint density at radius 3 is 2.81 bits per heavy atom. The molecule has 6 nitrogen and oxygen atoms in total. The first-order valence-electron chi connectivity index (χ1n) is 8.62. The maximum Gasteiger partial charge on any atom is 0.260 e. The molecule has 1 aromatic carbocycles. The second-order valence-corrected chi connectivity index (χ2v) is 6.99. The summed E-state index contributed by atoms with van der Waals surface area (Å²) in [5, 5.41) is 8.00. The molecule has 1 saturated heterocycles. The van der Waals surface area contributed by atoms with Crippen LogP contribution in [0.3, 0.4) is 0 Å². The molecule has 1 fully saturated rings. The summed E-state index contributed by atoms with van der Waals surface area (Å²) in [7, 11) is 0. The second kappa shape index (κ2) is 6.81. The van der Waals surface area contributed by atoms with Crippen LogP contribution in [0.15, 0.2) is 33.3 Å². The Morgan fingerprint density at radius 2 is 2.11 bits per heavy atom. The van der Waals surface area contributed by atoms with E-state index in [-0.39, 0.29) is 33.8 Å². The van der Waals surface area contributed by atoms with Crippen molar-refractivity contribution in [3.05, 3.63) is 57.9 Å². The van der Waals surface area contributed by atoms with Gasteiger partial charge in [-0.05, 0) is 38.8 Å². The Kier molecular flexibility index (Phi) is 4.47. The lowest BCUT2D eigenvalue weighted by Gasteiger charge is -2.22. The fraction of sp³-hybridized carbons (Fsp3) is 0.316. The number of aryl methyl sites for hydroxylation is 2. The normalized spacial score (nSPS) is 16.9. The number of amides is 1. The molecule has 1 atom stereocenters. The minimum absolute atomic E-state index is 0.0608. The van der Waals surface area contributed by atoms with Gasteiger partial charge in [0.05, 0.1) is 22.3 Å². The molecule has 0 saturated carbocycles. The van der Waals surface area contributed by atoms with Crippen LogP contribution in [0.25, 0.3) is 11.3 Å². The first kappa shape index (κ1) is 17.7. The van der Waals surface area contributed by atoms with Crippen LogP contribution in [-0.4, -0.2) is 27.7 Å². The van der Waals surface area contributed by atoms with E-state index < -0.39 is 5.82 Å². The first-order valence-corrected chi connectivity index (χ1v) is 9.00. The number of likely N-dealkylation sites (tertiary alicyclic amines) is 1. The van der Waals surface area contributed by atoms with Crippen molar-refractivity contribution in [1.82, 2.24) is 15.2 Å². The summed E-state index contributed by atoms with van der Waals surface area (Å²) < 4.78 is 25.0. The molecule has 1 aliphatic heterocycles. The molecule has 3 aromatic rings. The lowest BCUT2D eigenvalue weighted by Crippen LogP contribution is -2.31. The molecule has 0 bridgehead atoms. The molecule has 3 heterocycles. The smallest absolute Gasteiger partial charge is 0.260 e. The molecule has 1 aliphatic rings. The van der Waals surface area contributed by atoms with Gasteiger partial charge in [0, 0.05) is 12.6 Å². The van der Waals surface area contributed by atoms with Gasteiger partial charge < -0.3 is 13.9 Å².